The number of fused-ring (bicyclic) bond motifs is 1. The van der Waals surface area contributed by atoms with Crippen molar-refractivity contribution in [3.05, 3.63) is 77.3 Å². The van der Waals surface area contributed by atoms with Crippen LogP contribution >= 0.6 is 0 Å². The summed E-state index contributed by atoms with van der Waals surface area (Å²) in [5, 5.41) is 11.7. The molecule has 2 heterocycles. The van der Waals surface area contributed by atoms with Gasteiger partial charge in [-0.1, -0.05) is 50.2 Å². The fraction of sp³-hybridized carbons (Fsp3) is 0.308. The molecule has 0 spiro atoms. The third-order valence-electron chi connectivity index (χ3n) is 6.18. The van der Waals surface area contributed by atoms with Crippen LogP contribution in [0.15, 0.2) is 70.3 Å². The summed E-state index contributed by atoms with van der Waals surface area (Å²) in [4.78, 5) is 30.5. The van der Waals surface area contributed by atoms with Crippen molar-refractivity contribution in [2.24, 2.45) is 0 Å². The highest BCUT2D eigenvalue weighted by atomic mass is 16.5. The van der Waals surface area contributed by atoms with Crippen molar-refractivity contribution in [3.63, 3.8) is 0 Å². The van der Waals surface area contributed by atoms with Crippen LogP contribution in [0.1, 0.15) is 36.0 Å². The van der Waals surface area contributed by atoms with E-state index in [-0.39, 0.29) is 11.3 Å². The average molecular weight is 449 g/mol. The van der Waals surface area contributed by atoms with Crippen molar-refractivity contribution in [1.29, 1.82) is 0 Å². The minimum Gasteiger partial charge on any atom is -0.503 e. The molecule has 0 bridgehead atoms. The van der Waals surface area contributed by atoms with Crippen LogP contribution in [-0.4, -0.2) is 59.9 Å². The minimum atomic E-state index is -0.787. The number of furan rings is 1. The second kappa shape index (κ2) is 9.50. The smallest absolute Gasteiger partial charge is 0.290 e. The van der Waals surface area contributed by atoms with E-state index >= 15 is 0 Å². The van der Waals surface area contributed by atoms with Crippen molar-refractivity contribution >= 4 is 22.7 Å². The number of benzene rings is 2. The van der Waals surface area contributed by atoms with Gasteiger partial charge in [-0.05, 0) is 31.3 Å². The van der Waals surface area contributed by atoms with Gasteiger partial charge in [0, 0.05) is 24.0 Å². The molecule has 4 rings (SSSR count). The maximum absolute atomic E-state index is 13.6. The summed E-state index contributed by atoms with van der Waals surface area (Å²) in [6.45, 7) is 6.75. The third-order valence-corrected chi connectivity index (χ3v) is 6.18. The third kappa shape index (κ3) is 4.12. The summed E-state index contributed by atoms with van der Waals surface area (Å²) in [7, 11) is 1.54. The van der Waals surface area contributed by atoms with E-state index in [1.54, 1.807) is 30.2 Å². The molecular weight excluding hydrogens is 420 g/mol. The SMILES string of the molecule is CCN(CC)CCN1C(=O)C(O)=C(C(=O)c2cc3ccccc3o2)[C@H]1c1ccccc1OC. The standard InChI is InChI=1S/C26H28N2O5/c1-4-27(5-2)14-15-28-23(18-11-7-9-13-20(18)32-3)22(25(30)26(28)31)24(29)21-16-17-10-6-8-12-19(17)33-21/h6-13,16,23,30H,4-5,14-15H2,1-3H3/t23-/m1/s1. The lowest BCUT2D eigenvalue weighted by atomic mass is 9.94. The van der Waals surface area contributed by atoms with Crippen LogP contribution in [-0.2, 0) is 4.79 Å². The first-order valence-electron chi connectivity index (χ1n) is 11.1. The van der Waals surface area contributed by atoms with E-state index in [0.717, 1.165) is 18.5 Å². The van der Waals surface area contributed by atoms with Crippen molar-refractivity contribution in [1.82, 2.24) is 9.80 Å². The average Bonchev–Trinajstić information content (AvgIpc) is 3.39. The fourth-order valence-electron chi connectivity index (χ4n) is 4.35. The molecule has 1 amide bonds. The highest BCUT2D eigenvalue weighted by molar-refractivity contribution is 6.16. The predicted octanol–water partition coefficient (Wildman–Crippen LogP) is 4.36. The number of ketones is 1. The Labute approximate surface area is 192 Å². The first kappa shape index (κ1) is 22.6. The number of hydrogen-bond acceptors (Lipinski definition) is 6. The molecule has 33 heavy (non-hydrogen) atoms. The number of carbonyl (C=O) groups is 2. The summed E-state index contributed by atoms with van der Waals surface area (Å²) in [5.41, 5.74) is 1.21. The first-order valence-corrected chi connectivity index (χ1v) is 11.1. The molecule has 7 nitrogen and oxygen atoms in total. The van der Waals surface area contributed by atoms with Gasteiger partial charge in [0.15, 0.2) is 11.5 Å². The molecule has 7 heteroatoms. The first-order chi connectivity index (χ1) is 16.0. The van der Waals surface area contributed by atoms with Gasteiger partial charge < -0.3 is 24.1 Å². The Bertz CT molecular complexity index is 1180. The van der Waals surface area contributed by atoms with Crippen LogP contribution in [0.3, 0.4) is 0 Å². The zero-order chi connectivity index (χ0) is 23.5. The molecule has 1 N–H and O–H groups in total. The maximum Gasteiger partial charge on any atom is 0.290 e. The monoisotopic (exact) mass is 448 g/mol. The second-order valence-electron chi connectivity index (χ2n) is 7.91. The second-order valence-corrected chi connectivity index (χ2v) is 7.91. The van der Waals surface area contributed by atoms with Gasteiger partial charge in [0.05, 0.1) is 18.7 Å². The zero-order valence-corrected chi connectivity index (χ0v) is 19.1. The van der Waals surface area contributed by atoms with Gasteiger partial charge >= 0.3 is 0 Å². The molecule has 0 radical (unpaired) electrons. The largest absolute Gasteiger partial charge is 0.503 e. The lowest BCUT2D eigenvalue weighted by Crippen LogP contribution is -2.38. The summed E-state index contributed by atoms with van der Waals surface area (Å²) in [6.07, 6.45) is 0. The minimum absolute atomic E-state index is 0.00287. The van der Waals surface area contributed by atoms with E-state index < -0.39 is 23.5 Å². The number of likely N-dealkylation sites (N-methyl/N-ethyl adjacent to an activating group) is 1. The lowest BCUT2D eigenvalue weighted by molar-refractivity contribution is -0.129. The van der Waals surface area contributed by atoms with Crippen molar-refractivity contribution in [3.8, 4) is 5.75 Å². The van der Waals surface area contributed by atoms with Gasteiger partial charge in [0.25, 0.3) is 5.91 Å². The van der Waals surface area contributed by atoms with Gasteiger partial charge in [0.1, 0.15) is 11.3 Å². The molecule has 1 aliphatic heterocycles. The molecule has 1 aromatic heterocycles. The number of amides is 1. The number of aliphatic hydroxyl groups is 1. The Morgan fingerprint density at radius 2 is 1.82 bits per heavy atom. The van der Waals surface area contributed by atoms with E-state index in [9.17, 15) is 14.7 Å². The molecule has 0 unspecified atom stereocenters. The van der Waals surface area contributed by atoms with Crippen LogP contribution < -0.4 is 4.74 Å². The molecular formula is C26H28N2O5. The van der Waals surface area contributed by atoms with Crippen molar-refractivity contribution in [2.45, 2.75) is 19.9 Å². The number of methoxy groups -OCH3 is 1. The Balaban J connectivity index is 1.78. The normalized spacial score (nSPS) is 16.3. The number of nitrogens with zero attached hydrogens (tertiary/aromatic N) is 2. The van der Waals surface area contributed by atoms with Crippen LogP contribution in [0.4, 0.5) is 0 Å². The Morgan fingerprint density at radius 1 is 1.12 bits per heavy atom. The molecule has 0 fully saturated rings. The van der Waals surface area contributed by atoms with Crippen LogP contribution in [0.5, 0.6) is 5.75 Å². The fourth-order valence-corrected chi connectivity index (χ4v) is 4.35. The van der Waals surface area contributed by atoms with Crippen molar-refractivity contribution in [2.75, 3.05) is 33.3 Å². The summed E-state index contributed by atoms with van der Waals surface area (Å²) in [5.74, 6) is -1.02. The highest BCUT2D eigenvalue weighted by Gasteiger charge is 2.45. The number of carbonyl (C=O) groups excluding carboxylic acids is 2. The molecule has 1 aliphatic rings. The van der Waals surface area contributed by atoms with Gasteiger partial charge in [-0.2, -0.15) is 0 Å². The van der Waals surface area contributed by atoms with E-state index in [1.165, 1.54) is 0 Å². The number of aliphatic hydroxyl groups excluding tert-OH is 1. The maximum atomic E-state index is 13.6. The summed E-state index contributed by atoms with van der Waals surface area (Å²) in [6, 6.07) is 15.4. The number of hydrogen-bond donors (Lipinski definition) is 1. The van der Waals surface area contributed by atoms with Crippen LogP contribution in [0.25, 0.3) is 11.0 Å². The Kier molecular flexibility index (Phi) is 6.51. The predicted molar refractivity (Wildman–Crippen MR) is 125 cm³/mol. The van der Waals surface area contributed by atoms with E-state index in [1.807, 2.05) is 36.4 Å². The number of ether oxygens (including phenoxy) is 1. The molecule has 2 aromatic carbocycles. The molecule has 0 saturated carbocycles. The molecule has 1 atom stereocenters. The number of rotatable bonds is 9. The Hall–Kier alpha value is -3.58. The molecule has 0 saturated heterocycles. The van der Waals surface area contributed by atoms with Gasteiger partial charge in [-0.3, -0.25) is 9.59 Å². The van der Waals surface area contributed by atoms with E-state index in [0.29, 0.717) is 30.0 Å². The van der Waals surface area contributed by atoms with Crippen LogP contribution in [0, 0.1) is 0 Å². The van der Waals surface area contributed by atoms with Gasteiger partial charge in [-0.25, -0.2) is 0 Å². The van der Waals surface area contributed by atoms with Gasteiger partial charge in [-0.15, -0.1) is 0 Å². The summed E-state index contributed by atoms with van der Waals surface area (Å²) < 4.78 is 11.3. The lowest BCUT2D eigenvalue weighted by Gasteiger charge is -2.30. The molecule has 3 aromatic rings. The zero-order valence-electron chi connectivity index (χ0n) is 19.1. The Morgan fingerprint density at radius 3 is 2.52 bits per heavy atom. The molecule has 172 valence electrons. The summed E-state index contributed by atoms with van der Waals surface area (Å²) >= 11 is 0. The van der Waals surface area contributed by atoms with E-state index in [4.69, 9.17) is 9.15 Å². The van der Waals surface area contributed by atoms with Crippen molar-refractivity contribution < 1.29 is 23.8 Å². The van der Waals surface area contributed by atoms with E-state index in [2.05, 4.69) is 18.7 Å². The molecule has 0 aliphatic carbocycles. The number of para-hydroxylation sites is 2. The highest BCUT2D eigenvalue weighted by Crippen LogP contribution is 2.42. The van der Waals surface area contributed by atoms with Crippen LogP contribution in [0.2, 0.25) is 0 Å². The number of Topliss-reactive ketones (excluding diaryl/α,β-unsaturated/α-hetero) is 1. The topological polar surface area (TPSA) is 83.2 Å². The van der Waals surface area contributed by atoms with Gasteiger partial charge in [0.2, 0.25) is 5.78 Å². The quantitative estimate of drug-likeness (QED) is 0.490.